The van der Waals surface area contributed by atoms with Crippen molar-refractivity contribution in [3.63, 3.8) is 0 Å². The number of Topliss-reactive ketones (excluding diaryl/α,β-unsaturated/α-hetero) is 1. The van der Waals surface area contributed by atoms with Gasteiger partial charge in [0.2, 0.25) is 0 Å². The summed E-state index contributed by atoms with van der Waals surface area (Å²) in [6.07, 6.45) is -7.04. The Kier molecular flexibility index (Phi) is 5.73. The second kappa shape index (κ2) is 6.90. The standard InChI is InChI=1S/C12H10BrF3O5/c13-4-3-8(17)7-5-6(10(18)11(19)20)1-2-9(7)21-12(14,15)16/h1-2,5,10,18H,3-4H2,(H,19,20). The Bertz CT molecular complexity index is 544. The van der Waals surface area contributed by atoms with Gasteiger partial charge in [-0.25, -0.2) is 4.79 Å². The van der Waals surface area contributed by atoms with Crippen molar-refractivity contribution >= 4 is 27.7 Å². The van der Waals surface area contributed by atoms with Crippen molar-refractivity contribution in [3.05, 3.63) is 29.3 Å². The number of carbonyl (C=O) groups excluding carboxylic acids is 1. The highest BCUT2D eigenvalue weighted by molar-refractivity contribution is 9.09. The number of carboxylic acid groups (broad SMARTS) is 1. The lowest BCUT2D eigenvalue weighted by molar-refractivity contribution is -0.274. The average molecular weight is 371 g/mol. The molecule has 0 fully saturated rings. The van der Waals surface area contributed by atoms with Crippen LogP contribution < -0.4 is 4.74 Å². The van der Waals surface area contributed by atoms with Crippen LogP contribution in [-0.2, 0) is 4.79 Å². The first kappa shape index (κ1) is 17.4. The van der Waals surface area contributed by atoms with Gasteiger partial charge in [-0.2, -0.15) is 0 Å². The third-order valence-electron chi connectivity index (χ3n) is 2.40. The fourth-order valence-corrected chi connectivity index (χ4v) is 1.87. The average Bonchev–Trinajstić information content (AvgIpc) is 2.36. The van der Waals surface area contributed by atoms with Gasteiger partial charge >= 0.3 is 12.3 Å². The monoisotopic (exact) mass is 370 g/mol. The molecular weight excluding hydrogens is 361 g/mol. The number of ether oxygens (including phenoxy) is 1. The quantitative estimate of drug-likeness (QED) is 0.594. The molecule has 0 radical (unpaired) electrons. The SMILES string of the molecule is O=C(CCBr)c1cc(C(O)C(=O)O)ccc1OC(F)(F)F. The molecule has 1 rings (SSSR count). The molecule has 0 aliphatic heterocycles. The van der Waals surface area contributed by atoms with Crippen molar-refractivity contribution in [2.24, 2.45) is 0 Å². The summed E-state index contributed by atoms with van der Waals surface area (Å²) in [5, 5.41) is 18.3. The predicted octanol–water partition coefficient (Wildman–Crippen LogP) is 2.67. The summed E-state index contributed by atoms with van der Waals surface area (Å²) in [5.74, 6) is -3.00. The van der Waals surface area contributed by atoms with Crippen molar-refractivity contribution in [1.82, 2.24) is 0 Å². The molecule has 5 nitrogen and oxygen atoms in total. The van der Waals surface area contributed by atoms with Crippen LogP contribution in [0.1, 0.15) is 28.4 Å². The van der Waals surface area contributed by atoms with Gasteiger partial charge in [0.25, 0.3) is 0 Å². The number of carboxylic acids is 1. The maximum atomic E-state index is 12.3. The van der Waals surface area contributed by atoms with E-state index in [2.05, 4.69) is 20.7 Å². The van der Waals surface area contributed by atoms with E-state index < -0.39 is 35.5 Å². The third-order valence-corrected chi connectivity index (χ3v) is 2.80. The molecule has 1 aromatic carbocycles. The normalized spacial score (nSPS) is 12.8. The summed E-state index contributed by atoms with van der Waals surface area (Å²) in [7, 11) is 0. The Balaban J connectivity index is 3.26. The fraction of sp³-hybridized carbons (Fsp3) is 0.333. The van der Waals surface area contributed by atoms with Crippen LogP contribution in [0, 0.1) is 0 Å². The van der Waals surface area contributed by atoms with E-state index >= 15 is 0 Å². The molecule has 0 bridgehead atoms. The number of alkyl halides is 4. The zero-order valence-electron chi connectivity index (χ0n) is 10.4. The van der Waals surface area contributed by atoms with E-state index in [4.69, 9.17) is 5.11 Å². The topological polar surface area (TPSA) is 83.8 Å². The van der Waals surface area contributed by atoms with Crippen molar-refractivity contribution in [3.8, 4) is 5.75 Å². The Morgan fingerprint density at radius 1 is 1.33 bits per heavy atom. The maximum absolute atomic E-state index is 12.3. The van der Waals surface area contributed by atoms with Crippen LogP contribution >= 0.6 is 15.9 Å². The molecule has 0 aliphatic rings. The molecule has 9 heteroatoms. The number of aliphatic hydroxyl groups excluding tert-OH is 1. The number of aliphatic hydroxyl groups is 1. The Morgan fingerprint density at radius 3 is 2.43 bits per heavy atom. The lowest BCUT2D eigenvalue weighted by atomic mass is 10.0. The molecule has 0 heterocycles. The molecule has 0 saturated heterocycles. The molecule has 1 unspecified atom stereocenters. The van der Waals surface area contributed by atoms with Gasteiger partial charge in [0.15, 0.2) is 11.9 Å². The van der Waals surface area contributed by atoms with Crippen LogP contribution in [0.2, 0.25) is 0 Å². The van der Waals surface area contributed by atoms with Crippen molar-refractivity contribution < 1.29 is 37.7 Å². The number of carbonyl (C=O) groups is 2. The minimum Gasteiger partial charge on any atom is -0.479 e. The summed E-state index contributed by atoms with van der Waals surface area (Å²) in [6, 6.07) is 2.63. The molecule has 0 saturated carbocycles. The molecule has 0 aromatic heterocycles. The van der Waals surface area contributed by atoms with Gasteiger partial charge in [-0.05, 0) is 17.7 Å². The van der Waals surface area contributed by atoms with E-state index in [1.807, 2.05) is 0 Å². The van der Waals surface area contributed by atoms with Gasteiger partial charge in [-0.15, -0.1) is 13.2 Å². The zero-order valence-corrected chi connectivity index (χ0v) is 11.9. The number of rotatable bonds is 6. The van der Waals surface area contributed by atoms with Crippen molar-refractivity contribution in [1.29, 1.82) is 0 Å². The molecule has 0 amide bonds. The second-order valence-electron chi connectivity index (χ2n) is 3.91. The van der Waals surface area contributed by atoms with E-state index in [0.717, 1.165) is 18.2 Å². The zero-order chi connectivity index (χ0) is 16.2. The summed E-state index contributed by atoms with van der Waals surface area (Å²) in [6.45, 7) is 0. The van der Waals surface area contributed by atoms with Crippen molar-refractivity contribution in [2.75, 3.05) is 5.33 Å². The summed E-state index contributed by atoms with van der Waals surface area (Å²) in [5.41, 5.74) is -0.653. The highest BCUT2D eigenvalue weighted by Crippen LogP contribution is 2.30. The van der Waals surface area contributed by atoms with Gasteiger partial charge in [-0.1, -0.05) is 22.0 Å². The van der Waals surface area contributed by atoms with E-state index in [0.29, 0.717) is 0 Å². The molecule has 2 N–H and O–H groups in total. The van der Waals surface area contributed by atoms with Crippen LogP contribution in [0.5, 0.6) is 5.75 Å². The van der Waals surface area contributed by atoms with Gasteiger partial charge in [-0.3, -0.25) is 4.79 Å². The highest BCUT2D eigenvalue weighted by Gasteiger charge is 2.33. The van der Waals surface area contributed by atoms with Crippen LogP contribution in [0.4, 0.5) is 13.2 Å². The number of aliphatic carboxylic acids is 1. The minimum atomic E-state index is -4.99. The largest absolute Gasteiger partial charge is 0.573 e. The number of hydrogen-bond donors (Lipinski definition) is 2. The molecule has 21 heavy (non-hydrogen) atoms. The predicted molar refractivity (Wildman–Crippen MR) is 68.5 cm³/mol. The molecule has 116 valence electrons. The fourth-order valence-electron chi connectivity index (χ4n) is 1.51. The van der Waals surface area contributed by atoms with Gasteiger partial charge in [0, 0.05) is 11.8 Å². The Hall–Kier alpha value is -1.61. The lowest BCUT2D eigenvalue weighted by Crippen LogP contribution is -2.20. The Morgan fingerprint density at radius 2 is 1.95 bits per heavy atom. The number of hydrogen-bond acceptors (Lipinski definition) is 4. The second-order valence-corrected chi connectivity index (χ2v) is 4.70. The first-order chi connectivity index (χ1) is 9.65. The molecule has 1 aromatic rings. The number of halogens is 4. The number of ketones is 1. The molecule has 0 aliphatic carbocycles. The van der Waals surface area contributed by atoms with Crippen LogP contribution in [0.25, 0.3) is 0 Å². The summed E-state index contributed by atoms with van der Waals surface area (Å²) >= 11 is 2.98. The third kappa shape index (κ3) is 5.01. The highest BCUT2D eigenvalue weighted by atomic mass is 79.9. The van der Waals surface area contributed by atoms with Gasteiger partial charge in [0.05, 0.1) is 5.56 Å². The van der Waals surface area contributed by atoms with Crippen LogP contribution in [0.15, 0.2) is 18.2 Å². The molecule has 1 atom stereocenters. The minimum absolute atomic E-state index is 0.110. The van der Waals surface area contributed by atoms with E-state index in [1.165, 1.54) is 0 Å². The molecular formula is C12H10BrF3O5. The number of benzene rings is 1. The maximum Gasteiger partial charge on any atom is 0.573 e. The first-order valence-electron chi connectivity index (χ1n) is 5.55. The first-order valence-corrected chi connectivity index (χ1v) is 6.67. The Labute approximate surface area is 125 Å². The van der Waals surface area contributed by atoms with Crippen LogP contribution in [-0.4, -0.2) is 33.7 Å². The van der Waals surface area contributed by atoms with Crippen molar-refractivity contribution in [2.45, 2.75) is 18.9 Å². The lowest BCUT2D eigenvalue weighted by Gasteiger charge is -2.14. The smallest absolute Gasteiger partial charge is 0.479 e. The summed E-state index contributed by atoms with van der Waals surface area (Å²) < 4.78 is 40.5. The van der Waals surface area contributed by atoms with Crippen LogP contribution in [0.3, 0.4) is 0 Å². The van der Waals surface area contributed by atoms with Gasteiger partial charge < -0.3 is 14.9 Å². The molecule has 0 spiro atoms. The summed E-state index contributed by atoms with van der Waals surface area (Å²) in [4.78, 5) is 22.5. The van der Waals surface area contributed by atoms with E-state index in [1.54, 1.807) is 0 Å². The van der Waals surface area contributed by atoms with E-state index in [-0.39, 0.29) is 17.3 Å². The van der Waals surface area contributed by atoms with Gasteiger partial charge in [0.1, 0.15) is 5.75 Å². The van der Waals surface area contributed by atoms with E-state index in [9.17, 15) is 27.9 Å².